The van der Waals surface area contributed by atoms with Crippen LogP contribution in [-0.4, -0.2) is 7.11 Å². The number of methoxy groups -OCH3 is 1. The molecule has 2 nitrogen and oxygen atoms in total. The lowest BCUT2D eigenvalue weighted by Crippen LogP contribution is -2.12. The van der Waals surface area contributed by atoms with Crippen LogP contribution in [0.2, 0.25) is 0 Å². The summed E-state index contributed by atoms with van der Waals surface area (Å²) in [4.78, 5) is 0. The molecule has 1 aromatic carbocycles. The predicted octanol–water partition coefficient (Wildman–Crippen LogP) is 3.99. The van der Waals surface area contributed by atoms with Crippen LogP contribution in [0.1, 0.15) is 42.7 Å². The Morgan fingerprint density at radius 2 is 1.94 bits per heavy atom. The zero-order chi connectivity index (χ0) is 12.8. The first-order chi connectivity index (χ1) is 8.85. The molecule has 1 saturated carbocycles. The van der Waals surface area contributed by atoms with Crippen LogP contribution in [0.4, 0.5) is 0 Å². The number of hydrogen-bond donors (Lipinski definition) is 0. The first kappa shape index (κ1) is 12.7. The Morgan fingerprint density at radius 1 is 1.22 bits per heavy atom. The summed E-state index contributed by atoms with van der Waals surface area (Å²) in [7, 11) is 1.69. The number of nitriles is 1. The van der Waals surface area contributed by atoms with Crippen molar-refractivity contribution in [2.45, 2.75) is 31.6 Å². The average molecular weight is 241 g/mol. The molecule has 0 saturated heterocycles. The van der Waals surface area contributed by atoms with Crippen molar-refractivity contribution in [2.75, 3.05) is 7.11 Å². The molecule has 1 aliphatic carbocycles. The van der Waals surface area contributed by atoms with Crippen molar-refractivity contribution in [3.05, 3.63) is 47.7 Å². The Morgan fingerprint density at radius 3 is 2.61 bits per heavy atom. The molecule has 0 N–H and O–H groups in total. The smallest absolute Gasteiger partial charge is 0.0994 e. The van der Waals surface area contributed by atoms with Gasteiger partial charge in [0.1, 0.15) is 0 Å². The lowest BCUT2D eigenvalue weighted by atomic mass is 9.77. The van der Waals surface area contributed by atoms with E-state index in [9.17, 15) is 0 Å². The van der Waals surface area contributed by atoms with E-state index in [1.807, 2.05) is 18.2 Å². The quantitative estimate of drug-likeness (QED) is 0.749. The zero-order valence-corrected chi connectivity index (χ0v) is 10.8. The third kappa shape index (κ3) is 2.92. The van der Waals surface area contributed by atoms with Gasteiger partial charge in [-0.2, -0.15) is 5.26 Å². The summed E-state index contributed by atoms with van der Waals surface area (Å²) in [6.07, 6.45) is 8.64. The van der Waals surface area contributed by atoms with E-state index in [0.29, 0.717) is 11.8 Å². The second-order valence-corrected chi connectivity index (χ2v) is 4.87. The van der Waals surface area contributed by atoms with Crippen LogP contribution in [-0.2, 0) is 4.74 Å². The molecule has 0 radical (unpaired) electrons. The van der Waals surface area contributed by atoms with Crippen molar-refractivity contribution in [1.29, 1.82) is 5.26 Å². The molecule has 0 aliphatic heterocycles. The number of allylic oxidation sites excluding steroid dienone is 1. The van der Waals surface area contributed by atoms with E-state index in [2.05, 4.69) is 18.2 Å². The maximum atomic E-state index is 9.14. The van der Waals surface area contributed by atoms with Crippen LogP contribution in [0, 0.1) is 17.2 Å². The molecular weight excluding hydrogens is 222 g/mol. The Kier molecular flexibility index (Phi) is 4.41. The van der Waals surface area contributed by atoms with E-state index in [1.165, 1.54) is 18.4 Å². The number of nitrogens with zero attached hydrogens (tertiary/aromatic N) is 1. The highest BCUT2D eigenvalue weighted by Gasteiger charge is 2.22. The summed E-state index contributed by atoms with van der Waals surface area (Å²) in [5.41, 5.74) is 2.07. The van der Waals surface area contributed by atoms with Crippen LogP contribution in [0.15, 0.2) is 36.6 Å². The summed E-state index contributed by atoms with van der Waals surface area (Å²) in [6.45, 7) is 0. The molecule has 0 bridgehead atoms. The van der Waals surface area contributed by atoms with Gasteiger partial charge in [0.05, 0.1) is 25.0 Å². The number of benzene rings is 1. The topological polar surface area (TPSA) is 33.0 Å². The highest BCUT2D eigenvalue weighted by Crippen LogP contribution is 2.37. The number of hydrogen-bond acceptors (Lipinski definition) is 2. The van der Waals surface area contributed by atoms with Crippen molar-refractivity contribution in [3.8, 4) is 6.07 Å². The van der Waals surface area contributed by atoms with Gasteiger partial charge in [0, 0.05) is 0 Å². The van der Waals surface area contributed by atoms with Crippen LogP contribution < -0.4 is 0 Å². The molecule has 0 amide bonds. The molecule has 2 heteroatoms. The summed E-state index contributed by atoms with van der Waals surface area (Å²) in [5, 5.41) is 9.14. The molecule has 94 valence electrons. The first-order valence-corrected chi connectivity index (χ1v) is 6.53. The summed E-state index contributed by atoms with van der Waals surface area (Å²) >= 11 is 0. The van der Waals surface area contributed by atoms with Crippen LogP contribution >= 0.6 is 0 Å². The molecule has 0 unspecified atom stereocenters. The van der Waals surface area contributed by atoms with E-state index in [4.69, 9.17) is 10.00 Å². The lowest BCUT2D eigenvalue weighted by Gasteiger charge is -2.27. The fourth-order valence-corrected chi connectivity index (χ4v) is 2.77. The molecular formula is C16H19NO. The molecule has 0 heterocycles. The standard InChI is InChI=1S/C16H19NO/c1-18-11-10-13-6-8-14(9-7-13)16-5-3-2-4-15(16)12-17/h2-5,10-11,13-14H,6-9H2,1H3/t13-,14-. The van der Waals surface area contributed by atoms with Gasteiger partial charge in [-0.25, -0.2) is 0 Å². The van der Waals surface area contributed by atoms with Gasteiger partial charge >= 0.3 is 0 Å². The fraction of sp³-hybridized carbons (Fsp3) is 0.438. The molecule has 1 aliphatic rings. The van der Waals surface area contributed by atoms with Crippen molar-refractivity contribution in [1.82, 2.24) is 0 Å². The monoisotopic (exact) mass is 241 g/mol. The molecule has 1 aromatic rings. The minimum absolute atomic E-state index is 0.549. The minimum Gasteiger partial charge on any atom is -0.505 e. The molecule has 2 rings (SSSR count). The third-order valence-corrected chi connectivity index (χ3v) is 3.78. The third-order valence-electron chi connectivity index (χ3n) is 3.78. The van der Waals surface area contributed by atoms with E-state index in [-0.39, 0.29) is 0 Å². The Labute approximate surface area is 109 Å². The largest absolute Gasteiger partial charge is 0.505 e. The van der Waals surface area contributed by atoms with E-state index >= 15 is 0 Å². The van der Waals surface area contributed by atoms with Crippen LogP contribution in [0.5, 0.6) is 0 Å². The molecule has 18 heavy (non-hydrogen) atoms. The lowest BCUT2D eigenvalue weighted by molar-refractivity contribution is 0.322. The normalized spacial score (nSPS) is 23.8. The van der Waals surface area contributed by atoms with E-state index in [1.54, 1.807) is 13.4 Å². The maximum Gasteiger partial charge on any atom is 0.0994 e. The summed E-state index contributed by atoms with van der Waals surface area (Å²) in [5.74, 6) is 1.18. The summed E-state index contributed by atoms with van der Waals surface area (Å²) < 4.78 is 4.97. The summed E-state index contributed by atoms with van der Waals surface area (Å²) in [6, 6.07) is 10.3. The molecule has 1 fully saturated rings. The SMILES string of the molecule is COC=C[C@H]1CC[C@H](c2ccccc2C#N)CC1. The van der Waals surface area contributed by atoms with Gasteiger partial charge in [-0.3, -0.25) is 0 Å². The van der Waals surface area contributed by atoms with E-state index in [0.717, 1.165) is 18.4 Å². The van der Waals surface area contributed by atoms with Gasteiger partial charge in [-0.05, 0) is 55.2 Å². The Hall–Kier alpha value is -1.75. The van der Waals surface area contributed by atoms with Crippen molar-refractivity contribution in [3.63, 3.8) is 0 Å². The second kappa shape index (κ2) is 6.26. The van der Waals surface area contributed by atoms with Crippen LogP contribution in [0.3, 0.4) is 0 Å². The highest BCUT2D eigenvalue weighted by atomic mass is 16.5. The number of rotatable bonds is 3. The van der Waals surface area contributed by atoms with E-state index < -0.39 is 0 Å². The van der Waals surface area contributed by atoms with Gasteiger partial charge in [-0.15, -0.1) is 0 Å². The average Bonchev–Trinajstić information content (AvgIpc) is 2.45. The van der Waals surface area contributed by atoms with Crippen molar-refractivity contribution in [2.24, 2.45) is 5.92 Å². The Bertz CT molecular complexity index is 450. The van der Waals surface area contributed by atoms with Crippen LogP contribution in [0.25, 0.3) is 0 Å². The fourth-order valence-electron chi connectivity index (χ4n) is 2.77. The molecule has 0 atom stereocenters. The van der Waals surface area contributed by atoms with Crippen molar-refractivity contribution >= 4 is 0 Å². The zero-order valence-electron chi connectivity index (χ0n) is 10.8. The Balaban J connectivity index is 2.01. The second-order valence-electron chi connectivity index (χ2n) is 4.87. The minimum atomic E-state index is 0.549. The first-order valence-electron chi connectivity index (χ1n) is 6.53. The van der Waals surface area contributed by atoms with Gasteiger partial charge < -0.3 is 4.74 Å². The van der Waals surface area contributed by atoms with Gasteiger partial charge in [0.2, 0.25) is 0 Å². The molecule has 0 aromatic heterocycles. The van der Waals surface area contributed by atoms with Gasteiger partial charge in [0.25, 0.3) is 0 Å². The predicted molar refractivity (Wildman–Crippen MR) is 72.0 cm³/mol. The van der Waals surface area contributed by atoms with Gasteiger partial charge in [-0.1, -0.05) is 18.2 Å². The number of ether oxygens (including phenoxy) is 1. The van der Waals surface area contributed by atoms with Gasteiger partial charge in [0.15, 0.2) is 0 Å². The highest BCUT2D eigenvalue weighted by molar-refractivity contribution is 5.39. The van der Waals surface area contributed by atoms with Crippen molar-refractivity contribution < 1.29 is 4.74 Å². The molecule has 0 spiro atoms. The maximum absolute atomic E-state index is 9.14.